The highest BCUT2D eigenvalue weighted by Crippen LogP contribution is 2.27. The van der Waals surface area contributed by atoms with Crippen LogP contribution in [-0.2, 0) is 21.2 Å². The first-order chi connectivity index (χ1) is 9.41. The molecule has 20 heavy (non-hydrogen) atoms. The monoisotopic (exact) mass is 361 g/mol. The maximum atomic E-state index is 12.4. The van der Waals surface area contributed by atoms with Gasteiger partial charge in [-0.1, -0.05) is 28.1 Å². The first-order valence-corrected chi connectivity index (χ1v) is 8.94. The molecule has 0 saturated carbocycles. The van der Waals surface area contributed by atoms with Gasteiger partial charge in [-0.05, 0) is 30.5 Å². The summed E-state index contributed by atoms with van der Waals surface area (Å²) in [6.07, 6.45) is 1.30. The van der Waals surface area contributed by atoms with Crippen molar-refractivity contribution < 1.29 is 13.2 Å². The van der Waals surface area contributed by atoms with Crippen LogP contribution >= 0.6 is 15.9 Å². The molecule has 0 bridgehead atoms. The highest BCUT2D eigenvalue weighted by atomic mass is 79.9. The zero-order valence-corrected chi connectivity index (χ0v) is 14.2. The number of nitrogens with zero attached hydrogens (tertiary/aromatic N) is 1. The van der Waals surface area contributed by atoms with Crippen molar-refractivity contribution in [3.63, 3.8) is 0 Å². The third-order valence-electron chi connectivity index (χ3n) is 3.71. The lowest BCUT2D eigenvalue weighted by atomic mass is 9.94. The quantitative estimate of drug-likeness (QED) is 0.826. The fourth-order valence-electron chi connectivity index (χ4n) is 2.55. The van der Waals surface area contributed by atoms with E-state index in [0.29, 0.717) is 19.6 Å². The molecule has 1 aromatic rings. The Morgan fingerprint density at radius 2 is 1.95 bits per heavy atom. The van der Waals surface area contributed by atoms with E-state index in [1.54, 1.807) is 14.1 Å². The van der Waals surface area contributed by atoms with Gasteiger partial charge in [0, 0.05) is 31.1 Å². The van der Waals surface area contributed by atoms with E-state index < -0.39 is 10.0 Å². The summed E-state index contributed by atoms with van der Waals surface area (Å²) in [5, 5.41) is -0.352. The van der Waals surface area contributed by atoms with Gasteiger partial charge in [-0.3, -0.25) is 0 Å². The summed E-state index contributed by atoms with van der Waals surface area (Å²) < 4.78 is 32.7. The zero-order valence-electron chi connectivity index (χ0n) is 11.8. The van der Waals surface area contributed by atoms with E-state index in [2.05, 4.69) is 15.9 Å². The van der Waals surface area contributed by atoms with E-state index in [4.69, 9.17) is 4.74 Å². The molecule has 4 nitrogen and oxygen atoms in total. The minimum atomic E-state index is -3.23. The molecule has 1 fully saturated rings. The fourth-order valence-corrected chi connectivity index (χ4v) is 4.41. The Labute approximate surface area is 129 Å². The van der Waals surface area contributed by atoms with Crippen molar-refractivity contribution in [1.29, 1.82) is 0 Å². The Kier molecular flexibility index (Phi) is 5.23. The third-order valence-corrected chi connectivity index (χ3v) is 6.64. The number of ether oxygens (including phenoxy) is 1. The molecule has 112 valence electrons. The van der Waals surface area contributed by atoms with Crippen molar-refractivity contribution >= 4 is 26.0 Å². The van der Waals surface area contributed by atoms with Gasteiger partial charge in [0.25, 0.3) is 0 Å². The largest absolute Gasteiger partial charge is 0.381 e. The van der Waals surface area contributed by atoms with Crippen LogP contribution in [0.25, 0.3) is 0 Å². The van der Waals surface area contributed by atoms with Crippen molar-refractivity contribution in [2.45, 2.75) is 18.1 Å². The number of rotatable bonds is 4. The first-order valence-electron chi connectivity index (χ1n) is 6.65. The third kappa shape index (κ3) is 3.61. The van der Waals surface area contributed by atoms with Gasteiger partial charge in [-0.2, -0.15) is 0 Å². The molecule has 0 aromatic heterocycles. The second kappa shape index (κ2) is 6.56. The Bertz CT molecular complexity index is 542. The second-order valence-electron chi connectivity index (χ2n) is 5.32. The molecule has 0 amide bonds. The summed E-state index contributed by atoms with van der Waals surface area (Å²) in [6.45, 7) is 1.03. The molecular weight excluding hydrogens is 342 g/mol. The Morgan fingerprint density at radius 1 is 1.30 bits per heavy atom. The van der Waals surface area contributed by atoms with Gasteiger partial charge in [0.2, 0.25) is 10.0 Å². The summed E-state index contributed by atoms with van der Waals surface area (Å²) in [7, 11) is -0.0359. The van der Waals surface area contributed by atoms with Crippen molar-refractivity contribution in [1.82, 2.24) is 4.31 Å². The lowest BCUT2D eigenvalue weighted by molar-refractivity contribution is 0.0563. The maximum absolute atomic E-state index is 12.4. The van der Waals surface area contributed by atoms with E-state index in [1.807, 2.05) is 24.3 Å². The summed E-state index contributed by atoms with van der Waals surface area (Å²) in [5.41, 5.74) is 1.14. The molecule has 2 rings (SSSR count). The van der Waals surface area contributed by atoms with Gasteiger partial charge >= 0.3 is 0 Å². The number of halogens is 1. The molecule has 0 N–H and O–H groups in total. The van der Waals surface area contributed by atoms with Crippen LogP contribution in [0.5, 0.6) is 0 Å². The molecule has 0 aliphatic carbocycles. The molecule has 0 unspecified atom stereocenters. The highest BCUT2D eigenvalue weighted by Gasteiger charge is 2.37. The molecule has 0 spiro atoms. The summed E-state index contributed by atoms with van der Waals surface area (Å²) in [4.78, 5) is 0. The van der Waals surface area contributed by atoms with E-state index in [9.17, 15) is 8.42 Å². The van der Waals surface area contributed by atoms with Gasteiger partial charge in [0.15, 0.2) is 0 Å². The number of hydrogen-bond acceptors (Lipinski definition) is 3. The molecule has 1 heterocycles. The molecule has 1 aromatic carbocycles. The van der Waals surface area contributed by atoms with Crippen molar-refractivity contribution in [3.8, 4) is 0 Å². The minimum absolute atomic E-state index is 0.0114. The van der Waals surface area contributed by atoms with Gasteiger partial charge < -0.3 is 4.74 Å². The van der Waals surface area contributed by atoms with Crippen LogP contribution in [0.2, 0.25) is 0 Å². The minimum Gasteiger partial charge on any atom is -0.381 e. The van der Waals surface area contributed by atoms with E-state index in [1.165, 1.54) is 4.31 Å². The van der Waals surface area contributed by atoms with Crippen LogP contribution in [0, 0.1) is 5.92 Å². The van der Waals surface area contributed by atoms with Gasteiger partial charge in [-0.15, -0.1) is 0 Å². The molecular formula is C14H20BrNO3S. The fraction of sp³-hybridized carbons (Fsp3) is 0.571. The average Bonchev–Trinajstić information content (AvgIpc) is 2.41. The molecule has 1 aliphatic heterocycles. The summed E-state index contributed by atoms with van der Waals surface area (Å²) in [5.74, 6) is 0.0114. The van der Waals surface area contributed by atoms with Crippen LogP contribution in [-0.4, -0.2) is 45.3 Å². The van der Waals surface area contributed by atoms with Gasteiger partial charge in [0.1, 0.15) is 0 Å². The standard InChI is InChI=1S/C14H20BrNO3S/c1-16(2)20(17,18)14-7-8-19-10-12(14)9-11-3-5-13(15)6-4-11/h3-6,12,14H,7-10H2,1-2H3/t12-,14+/m1/s1. The van der Waals surface area contributed by atoms with Crippen LogP contribution in [0.1, 0.15) is 12.0 Å². The number of sulfonamides is 1. The van der Waals surface area contributed by atoms with Crippen molar-refractivity contribution in [3.05, 3.63) is 34.3 Å². The van der Waals surface area contributed by atoms with Gasteiger partial charge in [0.05, 0.1) is 11.9 Å². The molecule has 0 radical (unpaired) electrons. The predicted octanol–water partition coefficient (Wildman–Crippen LogP) is 2.29. The molecule has 2 atom stereocenters. The lowest BCUT2D eigenvalue weighted by Gasteiger charge is -2.33. The van der Waals surface area contributed by atoms with Crippen LogP contribution in [0.4, 0.5) is 0 Å². The highest BCUT2D eigenvalue weighted by molar-refractivity contribution is 9.10. The Hall–Kier alpha value is -0.430. The number of hydrogen-bond donors (Lipinski definition) is 0. The van der Waals surface area contributed by atoms with Crippen LogP contribution < -0.4 is 0 Å². The van der Waals surface area contributed by atoms with Gasteiger partial charge in [-0.25, -0.2) is 12.7 Å². The summed E-state index contributed by atoms with van der Waals surface area (Å²) >= 11 is 3.41. The molecule has 1 aliphatic rings. The topological polar surface area (TPSA) is 46.6 Å². The van der Waals surface area contributed by atoms with Crippen molar-refractivity contribution in [2.75, 3.05) is 27.3 Å². The Balaban J connectivity index is 2.17. The normalized spacial score (nSPS) is 24.0. The van der Waals surface area contributed by atoms with E-state index in [-0.39, 0.29) is 11.2 Å². The smallest absolute Gasteiger partial charge is 0.216 e. The SMILES string of the molecule is CN(C)S(=O)(=O)[C@H]1CCOC[C@H]1Cc1ccc(Br)cc1. The second-order valence-corrected chi connectivity index (χ2v) is 8.60. The van der Waals surface area contributed by atoms with E-state index >= 15 is 0 Å². The Morgan fingerprint density at radius 3 is 2.55 bits per heavy atom. The predicted molar refractivity (Wildman–Crippen MR) is 83.2 cm³/mol. The van der Waals surface area contributed by atoms with E-state index in [0.717, 1.165) is 16.5 Å². The first kappa shape index (κ1) is 15.9. The van der Waals surface area contributed by atoms with Crippen LogP contribution in [0.15, 0.2) is 28.7 Å². The maximum Gasteiger partial charge on any atom is 0.216 e. The summed E-state index contributed by atoms with van der Waals surface area (Å²) in [6, 6.07) is 8.01. The molecule has 1 saturated heterocycles. The molecule has 6 heteroatoms. The lowest BCUT2D eigenvalue weighted by Crippen LogP contribution is -2.44. The zero-order chi connectivity index (χ0) is 14.8. The number of benzene rings is 1. The van der Waals surface area contributed by atoms with Crippen LogP contribution in [0.3, 0.4) is 0 Å². The van der Waals surface area contributed by atoms with Crippen molar-refractivity contribution in [2.24, 2.45) is 5.92 Å². The average molecular weight is 362 g/mol.